The maximum Gasteiger partial charge on any atom is 0.472 e. The number of aliphatic hydroxyl groups is 1. The Bertz CT molecular complexity index is 2310. The van der Waals surface area contributed by atoms with Crippen LogP contribution >= 0.6 is 15.6 Å². The molecule has 0 aliphatic carbocycles. The molecule has 0 aromatic rings. The molecule has 0 amide bonds. The summed E-state index contributed by atoms with van der Waals surface area (Å²) in [5.74, 6) is -2.21. The first-order valence-corrected chi connectivity index (χ1v) is 43.5. The monoisotopic (exact) mass is 1480 g/mol. The number of hydrogen-bond donors (Lipinski definition) is 3. The van der Waals surface area contributed by atoms with E-state index in [1.807, 2.05) is 0 Å². The normalized spacial score (nSPS) is 14.4. The van der Waals surface area contributed by atoms with Crippen molar-refractivity contribution in [3.63, 3.8) is 0 Å². The number of carbonyl (C=O) groups excluding carboxylic acids is 4. The van der Waals surface area contributed by atoms with Crippen LogP contribution in [0.1, 0.15) is 349 Å². The molecule has 0 spiro atoms. The van der Waals surface area contributed by atoms with Crippen molar-refractivity contribution < 1.29 is 80.2 Å². The number of hydrogen-bond acceptors (Lipinski definition) is 15. The third-order valence-electron chi connectivity index (χ3n) is 17.1. The summed E-state index contributed by atoms with van der Waals surface area (Å²) in [5, 5.41) is 10.6. The third-order valence-corrected chi connectivity index (χ3v) is 19.0. The number of esters is 4. The fourth-order valence-corrected chi connectivity index (χ4v) is 12.5. The van der Waals surface area contributed by atoms with E-state index in [0.29, 0.717) is 25.7 Å². The lowest BCUT2D eigenvalue weighted by Gasteiger charge is -2.21. The summed E-state index contributed by atoms with van der Waals surface area (Å²) in [6.45, 7) is 4.64. The summed E-state index contributed by atoms with van der Waals surface area (Å²) < 4.78 is 68.6. The highest BCUT2D eigenvalue weighted by Crippen LogP contribution is 2.45. The maximum atomic E-state index is 13.1. The van der Waals surface area contributed by atoms with E-state index in [1.165, 1.54) is 116 Å². The Balaban J connectivity index is 5.36. The van der Waals surface area contributed by atoms with Crippen molar-refractivity contribution >= 4 is 39.5 Å². The molecule has 0 aliphatic rings. The summed E-state index contributed by atoms with van der Waals surface area (Å²) in [4.78, 5) is 73.0. The smallest absolute Gasteiger partial charge is 0.462 e. The highest BCUT2D eigenvalue weighted by Gasteiger charge is 2.30. The van der Waals surface area contributed by atoms with Gasteiger partial charge in [-0.3, -0.25) is 37.3 Å². The zero-order chi connectivity index (χ0) is 74.6. The van der Waals surface area contributed by atoms with Crippen LogP contribution in [0.2, 0.25) is 0 Å². The largest absolute Gasteiger partial charge is 0.472 e. The van der Waals surface area contributed by atoms with Crippen molar-refractivity contribution in [2.24, 2.45) is 0 Å². The van der Waals surface area contributed by atoms with Crippen molar-refractivity contribution in [1.29, 1.82) is 0 Å². The summed E-state index contributed by atoms with van der Waals surface area (Å²) in [5.41, 5.74) is 0. The predicted molar refractivity (Wildman–Crippen MR) is 418 cm³/mol. The minimum absolute atomic E-state index is 0.0894. The summed E-state index contributed by atoms with van der Waals surface area (Å²) in [7, 11) is -9.96. The second-order valence-electron chi connectivity index (χ2n) is 27.0. The lowest BCUT2D eigenvalue weighted by molar-refractivity contribution is -0.161. The number of unbranched alkanes of at least 4 members (excludes halogenated alkanes) is 34. The van der Waals surface area contributed by atoms with Gasteiger partial charge in [0.25, 0.3) is 0 Å². The molecule has 590 valence electrons. The molecule has 19 heteroatoms. The van der Waals surface area contributed by atoms with E-state index in [-0.39, 0.29) is 25.7 Å². The van der Waals surface area contributed by atoms with Crippen molar-refractivity contribution in [3.05, 3.63) is 97.2 Å². The minimum Gasteiger partial charge on any atom is -0.462 e. The van der Waals surface area contributed by atoms with Crippen molar-refractivity contribution in [3.8, 4) is 0 Å². The van der Waals surface area contributed by atoms with E-state index in [4.69, 9.17) is 37.0 Å². The van der Waals surface area contributed by atoms with Gasteiger partial charge < -0.3 is 33.8 Å². The summed E-state index contributed by atoms with van der Waals surface area (Å²) in [6, 6.07) is 0. The first-order valence-electron chi connectivity index (χ1n) is 40.5. The van der Waals surface area contributed by atoms with E-state index in [0.717, 1.165) is 154 Å². The van der Waals surface area contributed by atoms with Gasteiger partial charge in [0.15, 0.2) is 12.2 Å². The number of phosphoric acid groups is 2. The summed E-state index contributed by atoms with van der Waals surface area (Å²) >= 11 is 0. The molecule has 0 rings (SSSR count). The number of phosphoric ester groups is 2. The first-order chi connectivity index (χ1) is 49.7. The van der Waals surface area contributed by atoms with Crippen LogP contribution in [-0.4, -0.2) is 96.7 Å². The lowest BCUT2D eigenvalue weighted by atomic mass is 10.0. The number of carbonyl (C=O) groups is 4. The molecule has 0 aromatic carbocycles. The fraction of sp³-hybridized carbons (Fsp3) is 0.759. The van der Waals surface area contributed by atoms with Crippen LogP contribution in [0.3, 0.4) is 0 Å². The van der Waals surface area contributed by atoms with Gasteiger partial charge in [0.2, 0.25) is 0 Å². The molecule has 0 heterocycles. The molecular formula is C83H146O17P2. The lowest BCUT2D eigenvalue weighted by Crippen LogP contribution is -2.30. The predicted octanol–water partition coefficient (Wildman–Crippen LogP) is 23.6. The van der Waals surface area contributed by atoms with Gasteiger partial charge in [0.1, 0.15) is 19.3 Å². The molecule has 3 N–H and O–H groups in total. The average molecular weight is 1480 g/mol. The zero-order valence-electron chi connectivity index (χ0n) is 64.5. The van der Waals surface area contributed by atoms with E-state index in [1.54, 1.807) is 0 Å². The number of rotatable bonds is 76. The Morgan fingerprint density at radius 2 is 0.510 bits per heavy atom. The Morgan fingerprint density at radius 3 is 0.804 bits per heavy atom. The molecule has 0 bridgehead atoms. The maximum absolute atomic E-state index is 13.1. The molecule has 0 saturated carbocycles. The van der Waals surface area contributed by atoms with Gasteiger partial charge >= 0.3 is 39.5 Å². The molecular weight excluding hydrogens is 1330 g/mol. The molecule has 0 aliphatic heterocycles. The highest BCUT2D eigenvalue weighted by molar-refractivity contribution is 7.47. The van der Waals surface area contributed by atoms with Gasteiger partial charge in [-0.2, -0.15) is 0 Å². The van der Waals surface area contributed by atoms with Crippen LogP contribution in [0.5, 0.6) is 0 Å². The van der Waals surface area contributed by atoms with E-state index in [2.05, 4.69) is 125 Å². The Hall–Kier alpha value is -4.02. The van der Waals surface area contributed by atoms with E-state index in [9.17, 15) is 43.2 Å². The molecule has 0 radical (unpaired) electrons. The van der Waals surface area contributed by atoms with Crippen LogP contribution in [-0.2, 0) is 65.4 Å². The van der Waals surface area contributed by atoms with Crippen LogP contribution in [0.15, 0.2) is 97.2 Å². The molecule has 17 nitrogen and oxygen atoms in total. The van der Waals surface area contributed by atoms with Crippen molar-refractivity contribution in [2.45, 2.75) is 367 Å². The van der Waals surface area contributed by atoms with Gasteiger partial charge in [-0.05, 0) is 103 Å². The fourth-order valence-electron chi connectivity index (χ4n) is 11.0. The van der Waals surface area contributed by atoms with Gasteiger partial charge in [-0.25, -0.2) is 9.13 Å². The standard InChI is InChI=1S/C83H146O17P2/c1-5-9-13-17-21-25-29-33-36-37-38-39-42-45-48-52-56-60-64-68-81(86)94-74-79(100-83(88)70-66-62-58-54-50-46-41-35-31-27-23-19-15-11-7-3)76-98-102(91,92)96-72-77(84)71-95-101(89,90)97-75-78(99-82(87)69-65-61-57-53-49-43-32-28-24-20-16-12-8-4)73-93-80(85)67-63-59-55-51-47-44-40-34-30-26-22-18-14-10-6-2/h9-10,13-14,21-22,25-26,33-34,36,38-40,47,51,77-79,84H,5-8,11-12,15-20,23-24,27-32,35,37,41-46,48-50,52-76H2,1-4H3,(H,89,90)(H,91,92)/b13-9-,14-10-,25-21-,26-22-,36-33-,39-38-,40-34-,51-47-. The Labute approximate surface area is 620 Å². The molecule has 0 fully saturated rings. The van der Waals surface area contributed by atoms with Gasteiger partial charge in [-0.1, -0.05) is 318 Å². The Kier molecular flexibility index (Phi) is 72.3. The molecule has 102 heavy (non-hydrogen) atoms. The second kappa shape index (κ2) is 75.2. The average Bonchev–Trinajstić information content (AvgIpc) is 0.924. The highest BCUT2D eigenvalue weighted by atomic mass is 31.2. The molecule has 0 aromatic heterocycles. The van der Waals surface area contributed by atoms with Gasteiger partial charge in [-0.15, -0.1) is 0 Å². The third kappa shape index (κ3) is 74.3. The van der Waals surface area contributed by atoms with Crippen LogP contribution in [0, 0.1) is 0 Å². The zero-order valence-corrected chi connectivity index (χ0v) is 66.3. The van der Waals surface area contributed by atoms with E-state index >= 15 is 0 Å². The van der Waals surface area contributed by atoms with Crippen LogP contribution in [0.25, 0.3) is 0 Å². The molecule has 5 atom stereocenters. The molecule has 0 saturated heterocycles. The van der Waals surface area contributed by atoms with Crippen LogP contribution in [0.4, 0.5) is 0 Å². The first kappa shape index (κ1) is 98.0. The number of ether oxygens (including phenoxy) is 4. The van der Waals surface area contributed by atoms with Gasteiger partial charge in [0.05, 0.1) is 26.4 Å². The summed E-state index contributed by atoms with van der Waals surface area (Å²) in [6.07, 6.45) is 79.5. The van der Waals surface area contributed by atoms with Gasteiger partial charge in [0, 0.05) is 25.7 Å². The topological polar surface area (TPSA) is 237 Å². The Morgan fingerprint density at radius 1 is 0.284 bits per heavy atom. The number of aliphatic hydroxyl groups excluding tert-OH is 1. The second-order valence-corrected chi connectivity index (χ2v) is 29.9. The van der Waals surface area contributed by atoms with E-state index < -0.39 is 97.5 Å². The molecule has 5 unspecified atom stereocenters. The minimum atomic E-state index is -4.98. The number of allylic oxidation sites excluding steroid dienone is 16. The SMILES string of the molecule is CC/C=C\C/C=C\C/C=C\C/C=C\CCCCCCCCC(=O)OCC(COP(=O)(O)OCC(O)COP(=O)(O)OCC(COC(=O)CCCC/C=C\C/C=C\C/C=C\C/C=C\CC)OC(=O)CCCCCCCCCCCCCCC)OC(=O)CCCCCCCCCCCCCCCCC. The van der Waals surface area contributed by atoms with Crippen molar-refractivity contribution in [1.82, 2.24) is 0 Å². The van der Waals surface area contributed by atoms with Crippen LogP contribution < -0.4 is 0 Å². The van der Waals surface area contributed by atoms with Crippen molar-refractivity contribution in [2.75, 3.05) is 39.6 Å². The quantitative estimate of drug-likeness (QED) is 0.0169.